The Morgan fingerprint density at radius 2 is 1.73 bits per heavy atom. The largest absolute Gasteiger partial charge is 0.242 e. The van der Waals surface area contributed by atoms with Crippen LogP contribution in [-0.4, -0.2) is 11.5 Å². The fraction of sp³-hybridized carbons (Fsp3) is 0.615. The van der Waals surface area contributed by atoms with Crippen molar-refractivity contribution in [1.82, 2.24) is 0 Å². The molecule has 82 valence electrons. The van der Waals surface area contributed by atoms with Gasteiger partial charge in [-0.05, 0) is 51.3 Å². The second-order valence-corrected chi connectivity index (χ2v) is 4.65. The van der Waals surface area contributed by atoms with Crippen LogP contribution in [-0.2, 0) is 0 Å². The molecule has 0 saturated carbocycles. The Labute approximate surface area is 92.3 Å². The van der Waals surface area contributed by atoms with Crippen molar-refractivity contribution in [2.24, 2.45) is 10.9 Å². The van der Waals surface area contributed by atoms with Gasteiger partial charge in [-0.3, -0.25) is 0 Å². The zero-order valence-corrected chi connectivity index (χ0v) is 10.5. The summed E-state index contributed by atoms with van der Waals surface area (Å²) >= 11 is 0. The third-order valence-electron chi connectivity index (χ3n) is 4.26. The SMILES string of the molecule is CC1=C(C)C(C)C(C)(N=C=N)C(C)=C1C. The standard InChI is InChI=1S/C13H20N2/c1-8-9(2)11(4)13(6,15-7-14)12(5)10(8)3/h11,14H,1-6H3. The lowest BCUT2D eigenvalue weighted by Gasteiger charge is -2.39. The molecule has 0 radical (unpaired) electrons. The van der Waals surface area contributed by atoms with Crippen molar-refractivity contribution >= 4 is 6.01 Å². The number of hydrogen-bond acceptors (Lipinski definition) is 2. The van der Waals surface area contributed by atoms with Crippen LogP contribution in [0.3, 0.4) is 0 Å². The van der Waals surface area contributed by atoms with E-state index in [2.05, 4.69) is 52.5 Å². The highest BCUT2D eigenvalue weighted by Gasteiger charge is 2.38. The van der Waals surface area contributed by atoms with Gasteiger partial charge in [-0.15, -0.1) is 0 Å². The summed E-state index contributed by atoms with van der Waals surface area (Å²) in [4.78, 5) is 4.24. The van der Waals surface area contributed by atoms with Crippen molar-refractivity contribution in [3.8, 4) is 0 Å². The van der Waals surface area contributed by atoms with E-state index >= 15 is 0 Å². The highest BCUT2D eigenvalue weighted by Crippen LogP contribution is 2.43. The van der Waals surface area contributed by atoms with Gasteiger partial charge >= 0.3 is 0 Å². The van der Waals surface area contributed by atoms with E-state index in [4.69, 9.17) is 5.41 Å². The predicted molar refractivity (Wildman–Crippen MR) is 64.5 cm³/mol. The maximum atomic E-state index is 7.07. The topological polar surface area (TPSA) is 36.2 Å². The van der Waals surface area contributed by atoms with Crippen molar-refractivity contribution in [1.29, 1.82) is 5.41 Å². The van der Waals surface area contributed by atoms with Crippen LogP contribution in [0.25, 0.3) is 0 Å². The van der Waals surface area contributed by atoms with Crippen molar-refractivity contribution in [3.05, 3.63) is 22.3 Å². The van der Waals surface area contributed by atoms with Crippen molar-refractivity contribution in [3.63, 3.8) is 0 Å². The second kappa shape index (κ2) is 3.79. The number of nitrogens with zero attached hydrogens (tertiary/aromatic N) is 1. The van der Waals surface area contributed by atoms with Crippen molar-refractivity contribution < 1.29 is 0 Å². The Bertz CT molecular complexity index is 395. The fourth-order valence-corrected chi connectivity index (χ4v) is 2.32. The molecule has 0 spiro atoms. The van der Waals surface area contributed by atoms with Gasteiger partial charge in [0.25, 0.3) is 0 Å². The summed E-state index contributed by atoms with van der Waals surface area (Å²) in [7, 11) is 0. The lowest BCUT2D eigenvalue weighted by Crippen LogP contribution is -2.36. The van der Waals surface area contributed by atoms with Gasteiger partial charge in [0.2, 0.25) is 0 Å². The van der Waals surface area contributed by atoms with Crippen LogP contribution < -0.4 is 0 Å². The molecule has 0 aromatic carbocycles. The first-order valence-corrected chi connectivity index (χ1v) is 5.35. The average Bonchev–Trinajstić information content (AvgIpc) is 2.22. The molecular weight excluding hydrogens is 184 g/mol. The predicted octanol–water partition coefficient (Wildman–Crippen LogP) is 3.82. The summed E-state index contributed by atoms with van der Waals surface area (Å²) in [5.74, 6) is 0.346. The van der Waals surface area contributed by atoms with Gasteiger partial charge in [0.1, 0.15) is 0 Å². The zero-order valence-electron chi connectivity index (χ0n) is 10.5. The van der Waals surface area contributed by atoms with Crippen LogP contribution in [0.5, 0.6) is 0 Å². The van der Waals surface area contributed by atoms with E-state index in [1.165, 1.54) is 22.3 Å². The van der Waals surface area contributed by atoms with Crippen LogP contribution in [0, 0.1) is 11.3 Å². The van der Waals surface area contributed by atoms with Gasteiger partial charge in [-0.1, -0.05) is 12.5 Å². The number of aliphatic imine (C=N–C) groups is 1. The Hall–Kier alpha value is -1.14. The first-order chi connectivity index (χ1) is 6.86. The minimum Gasteiger partial charge on any atom is -0.242 e. The maximum absolute atomic E-state index is 7.07. The van der Waals surface area contributed by atoms with Gasteiger partial charge < -0.3 is 0 Å². The number of hydrogen-bond donors (Lipinski definition) is 1. The van der Waals surface area contributed by atoms with E-state index in [-0.39, 0.29) is 5.54 Å². The quantitative estimate of drug-likeness (QED) is 0.630. The summed E-state index contributed by atoms with van der Waals surface area (Å²) in [6, 6.07) is 2.21. The first kappa shape index (κ1) is 11.9. The third-order valence-corrected chi connectivity index (χ3v) is 4.26. The normalized spacial score (nSPS) is 31.7. The van der Waals surface area contributed by atoms with Crippen LogP contribution >= 0.6 is 0 Å². The summed E-state index contributed by atoms with van der Waals surface area (Å²) in [5, 5.41) is 7.07. The van der Waals surface area contributed by atoms with Crippen LogP contribution in [0.1, 0.15) is 41.5 Å². The molecule has 1 rings (SSSR count). The van der Waals surface area contributed by atoms with E-state index in [0.717, 1.165) is 0 Å². The average molecular weight is 204 g/mol. The van der Waals surface area contributed by atoms with E-state index in [0.29, 0.717) is 5.92 Å². The molecule has 1 N–H and O–H groups in total. The monoisotopic (exact) mass is 204 g/mol. The highest BCUT2D eigenvalue weighted by atomic mass is 14.9. The molecule has 0 amide bonds. The molecular formula is C13H20N2. The van der Waals surface area contributed by atoms with Gasteiger partial charge in [0.05, 0.1) is 11.5 Å². The Kier molecular flexibility index (Phi) is 3.01. The van der Waals surface area contributed by atoms with Gasteiger partial charge in [-0.25, -0.2) is 10.4 Å². The molecule has 1 aliphatic rings. The second-order valence-electron chi connectivity index (χ2n) is 4.65. The van der Waals surface area contributed by atoms with Crippen molar-refractivity contribution in [2.75, 3.05) is 0 Å². The van der Waals surface area contributed by atoms with E-state index in [1.54, 1.807) is 0 Å². The molecule has 0 saturated heterocycles. The fourth-order valence-electron chi connectivity index (χ4n) is 2.32. The Balaban J connectivity index is 3.45. The molecule has 2 heteroatoms. The maximum Gasteiger partial charge on any atom is 0.0963 e. The Morgan fingerprint density at radius 1 is 1.20 bits per heavy atom. The third kappa shape index (κ3) is 1.59. The van der Waals surface area contributed by atoms with Crippen LogP contribution in [0.15, 0.2) is 27.3 Å². The van der Waals surface area contributed by atoms with E-state index in [1.807, 2.05) is 0 Å². The molecule has 0 heterocycles. The Morgan fingerprint density at radius 3 is 2.20 bits per heavy atom. The van der Waals surface area contributed by atoms with E-state index in [9.17, 15) is 0 Å². The highest BCUT2D eigenvalue weighted by molar-refractivity contribution is 5.49. The lowest BCUT2D eigenvalue weighted by molar-refractivity contribution is 0.407. The number of rotatable bonds is 1. The molecule has 2 atom stereocenters. The molecule has 1 aliphatic carbocycles. The molecule has 0 fully saturated rings. The van der Waals surface area contributed by atoms with Crippen LogP contribution in [0.2, 0.25) is 0 Å². The summed E-state index contributed by atoms with van der Waals surface area (Å²) in [6.45, 7) is 12.8. The lowest BCUT2D eigenvalue weighted by atomic mass is 9.70. The summed E-state index contributed by atoms with van der Waals surface area (Å²) in [6.07, 6.45) is 0. The minimum atomic E-state index is -0.282. The zero-order chi connectivity index (χ0) is 11.8. The first-order valence-electron chi connectivity index (χ1n) is 5.35. The molecule has 0 aromatic rings. The van der Waals surface area contributed by atoms with Crippen LogP contribution in [0.4, 0.5) is 0 Å². The number of allylic oxidation sites excluding steroid dienone is 2. The van der Waals surface area contributed by atoms with Gasteiger partial charge in [0.15, 0.2) is 0 Å². The molecule has 0 bridgehead atoms. The molecule has 0 aliphatic heterocycles. The van der Waals surface area contributed by atoms with Gasteiger partial charge in [0, 0.05) is 5.92 Å². The van der Waals surface area contributed by atoms with E-state index < -0.39 is 0 Å². The molecule has 0 aromatic heterocycles. The minimum absolute atomic E-state index is 0.282. The number of nitrogens with one attached hydrogen (secondary N) is 1. The summed E-state index contributed by atoms with van der Waals surface area (Å²) < 4.78 is 0. The smallest absolute Gasteiger partial charge is 0.0963 e. The molecule has 15 heavy (non-hydrogen) atoms. The summed E-state index contributed by atoms with van der Waals surface area (Å²) in [5.41, 5.74) is 5.04. The van der Waals surface area contributed by atoms with Gasteiger partial charge in [-0.2, -0.15) is 0 Å². The molecule has 2 unspecified atom stereocenters. The van der Waals surface area contributed by atoms with Crippen molar-refractivity contribution in [2.45, 2.75) is 47.1 Å². The molecule has 2 nitrogen and oxygen atoms in total.